The molecule has 0 radical (unpaired) electrons. The van der Waals surface area contributed by atoms with Gasteiger partial charge in [0.15, 0.2) is 0 Å². The van der Waals surface area contributed by atoms with E-state index < -0.39 is 5.60 Å². The average Bonchev–Trinajstić information content (AvgIpc) is 2.78. The van der Waals surface area contributed by atoms with Gasteiger partial charge in [-0.25, -0.2) is 4.68 Å². The van der Waals surface area contributed by atoms with Crippen molar-refractivity contribution in [1.29, 1.82) is 0 Å². The molecule has 1 unspecified atom stereocenters. The third-order valence-electron chi connectivity index (χ3n) is 3.00. The maximum absolute atomic E-state index is 10.6. The van der Waals surface area contributed by atoms with Crippen LogP contribution in [0.15, 0.2) is 42.6 Å². The first-order valence-electron chi connectivity index (χ1n) is 6.33. The molecule has 2 rings (SSSR count). The molecule has 3 nitrogen and oxygen atoms in total. The first-order valence-corrected chi connectivity index (χ1v) is 6.33. The Morgan fingerprint density at radius 2 is 1.89 bits per heavy atom. The second kappa shape index (κ2) is 4.94. The second-order valence-electron chi connectivity index (χ2n) is 5.34. The van der Waals surface area contributed by atoms with Crippen LogP contribution in [0.4, 0.5) is 0 Å². The van der Waals surface area contributed by atoms with Crippen molar-refractivity contribution in [3.8, 4) is 5.69 Å². The SMILES string of the molecule is CC(C)CC(C)(O)c1ccnn1-c1ccccc1. The fourth-order valence-electron chi connectivity index (χ4n) is 2.39. The highest BCUT2D eigenvalue weighted by atomic mass is 16.3. The minimum absolute atomic E-state index is 0.430. The number of hydrogen-bond donors (Lipinski definition) is 1. The number of benzene rings is 1. The molecule has 96 valence electrons. The van der Waals surface area contributed by atoms with Crippen molar-refractivity contribution in [3.05, 3.63) is 48.3 Å². The molecular formula is C15H20N2O. The minimum Gasteiger partial charge on any atom is -0.384 e. The summed E-state index contributed by atoms with van der Waals surface area (Å²) in [6.45, 7) is 6.07. The molecule has 1 heterocycles. The van der Waals surface area contributed by atoms with Crippen LogP contribution in [0.5, 0.6) is 0 Å². The summed E-state index contributed by atoms with van der Waals surface area (Å²) in [5.41, 5.74) is 0.949. The maximum Gasteiger partial charge on any atom is 0.104 e. The van der Waals surface area contributed by atoms with Crippen LogP contribution in [-0.2, 0) is 5.60 Å². The quantitative estimate of drug-likeness (QED) is 0.897. The van der Waals surface area contributed by atoms with E-state index in [9.17, 15) is 5.11 Å². The first kappa shape index (κ1) is 12.8. The van der Waals surface area contributed by atoms with Gasteiger partial charge in [-0.3, -0.25) is 0 Å². The van der Waals surface area contributed by atoms with Crippen LogP contribution in [0.1, 0.15) is 32.9 Å². The standard InChI is InChI=1S/C15H20N2O/c1-12(2)11-15(3,18)14-9-10-16-17(14)13-7-5-4-6-8-13/h4-10,12,18H,11H2,1-3H3. The molecule has 0 spiro atoms. The van der Waals surface area contributed by atoms with Crippen LogP contribution in [0.3, 0.4) is 0 Å². The summed E-state index contributed by atoms with van der Waals surface area (Å²) in [4.78, 5) is 0. The largest absolute Gasteiger partial charge is 0.384 e. The zero-order valence-corrected chi connectivity index (χ0v) is 11.2. The van der Waals surface area contributed by atoms with Gasteiger partial charge < -0.3 is 5.11 Å². The lowest BCUT2D eigenvalue weighted by Gasteiger charge is -2.26. The lowest BCUT2D eigenvalue weighted by molar-refractivity contribution is 0.0282. The predicted octanol–water partition coefficient (Wildman–Crippen LogP) is 3.13. The Labute approximate surface area is 108 Å². The fraction of sp³-hybridized carbons (Fsp3) is 0.400. The molecule has 18 heavy (non-hydrogen) atoms. The van der Waals surface area contributed by atoms with Gasteiger partial charge in [-0.05, 0) is 37.5 Å². The number of nitrogens with zero attached hydrogens (tertiary/aromatic N) is 2. The summed E-state index contributed by atoms with van der Waals surface area (Å²) in [6, 6.07) is 11.8. The number of hydrogen-bond acceptors (Lipinski definition) is 2. The zero-order chi connectivity index (χ0) is 13.2. The summed E-state index contributed by atoms with van der Waals surface area (Å²) in [7, 11) is 0. The van der Waals surface area contributed by atoms with Crippen molar-refractivity contribution >= 4 is 0 Å². The Morgan fingerprint density at radius 1 is 1.22 bits per heavy atom. The van der Waals surface area contributed by atoms with Crippen LogP contribution in [0, 0.1) is 5.92 Å². The molecule has 0 bridgehead atoms. The predicted molar refractivity (Wildman–Crippen MR) is 72.6 cm³/mol. The van der Waals surface area contributed by atoms with E-state index in [2.05, 4.69) is 18.9 Å². The van der Waals surface area contributed by atoms with Crippen molar-refractivity contribution in [1.82, 2.24) is 9.78 Å². The molecule has 0 aliphatic heterocycles. The molecule has 0 aliphatic rings. The van der Waals surface area contributed by atoms with E-state index in [-0.39, 0.29) is 0 Å². The van der Waals surface area contributed by atoms with Crippen LogP contribution in [0.25, 0.3) is 5.69 Å². The van der Waals surface area contributed by atoms with Crippen LogP contribution >= 0.6 is 0 Å². The van der Waals surface area contributed by atoms with Gasteiger partial charge in [-0.15, -0.1) is 0 Å². The normalized spacial score (nSPS) is 14.7. The molecule has 0 saturated carbocycles. The van der Waals surface area contributed by atoms with E-state index in [1.165, 1.54) is 0 Å². The number of rotatable bonds is 4. The Morgan fingerprint density at radius 3 is 2.50 bits per heavy atom. The Balaban J connectivity index is 2.39. The van der Waals surface area contributed by atoms with Crippen molar-refractivity contribution in [3.63, 3.8) is 0 Å². The van der Waals surface area contributed by atoms with Gasteiger partial charge in [0.05, 0.1) is 11.4 Å². The summed E-state index contributed by atoms with van der Waals surface area (Å²) in [6.07, 6.45) is 2.45. The van der Waals surface area contributed by atoms with E-state index >= 15 is 0 Å². The van der Waals surface area contributed by atoms with E-state index in [0.717, 1.165) is 11.4 Å². The summed E-state index contributed by atoms with van der Waals surface area (Å²) in [5, 5.41) is 14.9. The number of para-hydroxylation sites is 1. The maximum atomic E-state index is 10.6. The fourth-order valence-corrected chi connectivity index (χ4v) is 2.39. The van der Waals surface area contributed by atoms with Gasteiger partial charge in [0, 0.05) is 6.20 Å². The van der Waals surface area contributed by atoms with E-state index in [4.69, 9.17) is 0 Å². The van der Waals surface area contributed by atoms with Gasteiger partial charge in [0.1, 0.15) is 5.60 Å². The van der Waals surface area contributed by atoms with Crippen molar-refractivity contribution in [2.45, 2.75) is 32.8 Å². The summed E-state index contributed by atoms with van der Waals surface area (Å²) < 4.78 is 1.81. The molecule has 1 atom stereocenters. The highest BCUT2D eigenvalue weighted by molar-refractivity contribution is 5.33. The molecule has 0 fully saturated rings. The minimum atomic E-state index is -0.861. The molecule has 1 aromatic heterocycles. The number of aliphatic hydroxyl groups is 1. The van der Waals surface area contributed by atoms with Gasteiger partial charge >= 0.3 is 0 Å². The lowest BCUT2D eigenvalue weighted by Crippen LogP contribution is -2.26. The smallest absolute Gasteiger partial charge is 0.104 e. The molecule has 0 aliphatic carbocycles. The summed E-state index contributed by atoms with van der Waals surface area (Å²) in [5.74, 6) is 0.430. The van der Waals surface area contributed by atoms with Gasteiger partial charge in [-0.1, -0.05) is 32.0 Å². The molecule has 3 heteroatoms. The Hall–Kier alpha value is -1.61. The molecule has 0 amide bonds. The van der Waals surface area contributed by atoms with Crippen LogP contribution in [-0.4, -0.2) is 14.9 Å². The zero-order valence-electron chi connectivity index (χ0n) is 11.2. The molecule has 1 aromatic carbocycles. The topological polar surface area (TPSA) is 38.1 Å². The van der Waals surface area contributed by atoms with Crippen molar-refractivity contribution in [2.24, 2.45) is 5.92 Å². The molecule has 0 saturated heterocycles. The van der Waals surface area contributed by atoms with Gasteiger partial charge in [0.25, 0.3) is 0 Å². The first-order chi connectivity index (χ1) is 8.50. The second-order valence-corrected chi connectivity index (χ2v) is 5.34. The number of aromatic nitrogens is 2. The lowest BCUT2D eigenvalue weighted by atomic mass is 9.91. The van der Waals surface area contributed by atoms with E-state index in [1.54, 1.807) is 6.20 Å². The highest BCUT2D eigenvalue weighted by Gasteiger charge is 2.28. The van der Waals surface area contributed by atoms with Crippen molar-refractivity contribution < 1.29 is 5.11 Å². The van der Waals surface area contributed by atoms with Crippen LogP contribution in [0.2, 0.25) is 0 Å². The summed E-state index contributed by atoms with van der Waals surface area (Å²) >= 11 is 0. The Kier molecular flexibility index (Phi) is 3.53. The van der Waals surface area contributed by atoms with E-state index in [0.29, 0.717) is 12.3 Å². The molecule has 2 aromatic rings. The van der Waals surface area contributed by atoms with Crippen molar-refractivity contribution in [2.75, 3.05) is 0 Å². The molecular weight excluding hydrogens is 224 g/mol. The third-order valence-corrected chi connectivity index (χ3v) is 3.00. The van der Waals surface area contributed by atoms with Gasteiger partial charge in [0.2, 0.25) is 0 Å². The average molecular weight is 244 g/mol. The Bertz CT molecular complexity index is 500. The van der Waals surface area contributed by atoms with E-state index in [1.807, 2.05) is 48.0 Å². The van der Waals surface area contributed by atoms with Crippen LogP contribution < -0.4 is 0 Å². The monoisotopic (exact) mass is 244 g/mol. The third kappa shape index (κ3) is 2.62. The highest BCUT2D eigenvalue weighted by Crippen LogP contribution is 2.29. The van der Waals surface area contributed by atoms with Gasteiger partial charge in [-0.2, -0.15) is 5.10 Å². The molecule has 1 N–H and O–H groups in total.